The monoisotopic (exact) mass is 311 g/mol. The van der Waals surface area contributed by atoms with Crippen molar-refractivity contribution in [2.24, 2.45) is 5.41 Å². The third-order valence-electron chi connectivity index (χ3n) is 4.35. The summed E-state index contributed by atoms with van der Waals surface area (Å²) in [6, 6.07) is 0.240. The van der Waals surface area contributed by atoms with Gasteiger partial charge in [-0.15, -0.1) is 10.2 Å². The van der Waals surface area contributed by atoms with E-state index in [2.05, 4.69) is 42.5 Å². The lowest BCUT2D eigenvalue weighted by molar-refractivity contribution is -0.133. The van der Waals surface area contributed by atoms with Crippen molar-refractivity contribution in [2.75, 3.05) is 5.75 Å². The molecule has 21 heavy (non-hydrogen) atoms. The van der Waals surface area contributed by atoms with Crippen molar-refractivity contribution in [1.82, 2.24) is 14.8 Å². The highest BCUT2D eigenvalue weighted by Gasteiger charge is 2.37. The number of aromatic nitrogens is 3. The molecular formula is C15H25N3O2S. The first-order valence-corrected chi connectivity index (χ1v) is 8.61. The van der Waals surface area contributed by atoms with Crippen LogP contribution in [0.4, 0.5) is 0 Å². The van der Waals surface area contributed by atoms with Gasteiger partial charge in [0.25, 0.3) is 0 Å². The number of carboxylic acids is 1. The molecule has 1 fully saturated rings. The van der Waals surface area contributed by atoms with Crippen LogP contribution in [-0.2, 0) is 4.79 Å². The molecule has 118 valence electrons. The quantitative estimate of drug-likeness (QED) is 0.839. The number of carboxylic acid groups (broad SMARTS) is 1. The molecule has 1 aliphatic rings. The zero-order valence-electron chi connectivity index (χ0n) is 13.3. The van der Waals surface area contributed by atoms with E-state index >= 15 is 0 Å². The molecule has 0 spiro atoms. The second kappa shape index (κ2) is 6.38. The van der Waals surface area contributed by atoms with Crippen molar-refractivity contribution in [1.29, 1.82) is 0 Å². The minimum atomic E-state index is -0.821. The summed E-state index contributed by atoms with van der Waals surface area (Å²) in [5, 5.41) is 18.3. The van der Waals surface area contributed by atoms with Crippen LogP contribution >= 0.6 is 11.8 Å². The fourth-order valence-electron chi connectivity index (χ4n) is 3.21. The molecular weight excluding hydrogens is 286 g/mol. The van der Waals surface area contributed by atoms with E-state index in [1.807, 2.05) is 0 Å². The Balaban J connectivity index is 2.32. The molecule has 2 rings (SSSR count). The van der Waals surface area contributed by atoms with E-state index in [1.165, 1.54) is 31.0 Å². The zero-order valence-corrected chi connectivity index (χ0v) is 14.1. The van der Waals surface area contributed by atoms with E-state index < -0.39 is 5.97 Å². The molecule has 1 aromatic rings. The standard InChI is InChI=1S/C15H25N3O2S/c1-10(2)18-13(11-7-5-6-8-15(11,3)4)16-17-14(18)21-9-12(19)20/h10-11H,5-9H2,1-4H3,(H,19,20). The van der Waals surface area contributed by atoms with Gasteiger partial charge in [0.05, 0.1) is 5.75 Å². The summed E-state index contributed by atoms with van der Waals surface area (Å²) in [5.74, 6) is 0.639. The third kappa shape index (κ3) is 3.59. The van der Waals surface area contributed by atoms with Gasteiger partial charge >= 0.3 is 5.97 Å². The van der Waals surface area contributed by atoms with Crippen molar-refractivity contribution < 1.29 is 9.90 Å². The molecule has 0 amide bonds. The molecule has 0 bridgehead atoms. The molecule has 0 radical (unpaired) electrons. The maximum atomic E-state index is 10.8. The topological polar surface area (TPSA) is 68.0 Å². The Labute approximate surface area is 130 Å². The zero-order chi connectivity index (χ0) is 15.6. The SMILES string of the molecule is CC(C)n1c(SCC(=O)O)nnc1C1CCCCC1(C)C. The number of thioether (sulfide) groups is 1. The molecule has 1 heterocycles. The lowest BCUT2D eigenvalue weighted by atomic mass is 9.68. The fourth-order valence-corrected chi connectivity index (χ4v) is 4.00. The summed E-state index contributed by atoms with van der Waals surface area (Å²) < 4.78 is 2.13. The Kier molecular flexibility index (Phi) is 4.96. The Hall–Kier alpha value is -1.04. The highest BCUT2D eigenvalue weighted by atomic mass is 32.2. The van der Waals surface area contributed by atoms with Crippen LogP contribution in [0.1, 0.15) is 71.2 Å². The van der Waals surface area contributed by atoms with Gasteiger partial charge in [0.2, 0.25) is 0 Å². The van der Waals surface area contributed by atoms with Crippen molar-refractivity contribution in [2.45, 2.75) is 70.5 Å². The second-order valence-electron chi connectivity index (χ2n) is 6.77. The van der Waals surface area contributed by atoms with Crippen molar-refractivity contribution in [3.8, 4) is 0 Å². The van der Waals surface area contributed by atoms with Gasteiger partial charge < -0.3 is 9.67 Å². The van der Waals surface area contributed by atoms with Crippen LogP contribution in [0.5, 0.6) is 0 Å². The fraction of sp³-hybridized carbons (Fsp3) is 0.800. The first kappa shape index (κ1) is 16.3. The van der Waals surface area contributed by atoms with Crippen molar-refractivity contribution >= 4 is 17.7 Å². The average molecular weight is 311 g/mol. The van der Waals surface area contributed by atoms with Crippen LogP contribution in [-0.4, -0.2) is 31.6 Å². The predicted octanol–water partition coefficient (Wildman–Crippen LogP) is 3.72. The molecule has 1 aromatic heterocycles. The van der Waals surface area contributed by atoms with E-state index in [-0.39, 0.29) is 17.2 Å². The normalized spacial score (nSPS) is 21.7. The summed E-state index contributed by atoms with van der Waals surface area (Å²) in [4.78, 5) is 10.8. The van der Waals surface area contributed by atoms with Crippen LogP contribution in [0.3, 0.4) is 0 Å². The minimum Gasteiger partial charge on any atom is -0.481 e. The summed E-state index contributed by atoms with van der Waals surface area (Å²) in [6.45, 7) is 8.82. The Morgan fingerprint density at radius 2 is 2.14 bits per heavy atom. The number of aliphatic carboxylic acids is 1. The van der Waals surface area contributed by atoms with E-state index in [4.69, 9.17) is 5.11 Å². The third-order valence-corrected chi connectivity index (χ3v) is 5.28. The smallest absolute Gasteiger partial charge is 0.313 e. The summed E-state index contributed by atoms with van der Waals surface area (Å²) in [6.07, 6.45) is 4.86. The number of rotatable bonds is 5. The Morgan fingerprint density at radius 1 is 1.43 bits per heavy atom. The Bertz CT molecular complexity index is 511. The molecule has 1 saturated carbocycles. The van der Waals surface area contributed by atoms with Crippen molar-refractivity contribution in [3.63, 3.8) is 0 Å². The number of hydrogen-bond donors (Lipinski definition) is 1. The highest BCUT2D eigenvalue weighted by molar-refractivity contribution is 7.99. The number of hydrogen-bond acceptors (Lipinski definition) is 4. The molecule has 1 aliphatic carbocycles. The molecule has 1 unspecified atom stereocenters. The minimum absolute atomic E-state index is 0.0267. The lowest BCUT2D eigenvalue weighted by Gasteiger charge is -2.38. The second-order valence-corrected chi connectivity index (χ2v) is 7.72. The van der Waals surface area contributed by atoms with E-state index in [0.29, 0.717) is 5.92 Å². The van der Waals surface area contributed by atoms with Crippen molar-refractivity contribution in [3.05, 3.63) is 5.82 Å². The molecule has 6 heteroatoms. The van der Waals surface area contributed by atoms with Crippen LogP contribution in [0.2, 0.25) is 0 Å². The Morgan fingerprint density at radius 3 is 2.71 bits per heavy atom. The van der Waals surface area contributed by atoms with E-state index in [1.54, 1.807) is 0 Å². The molecule has 1 N–H and O–H groups in total. The van der Waals surface area contributed by atoms with Gasteiger partial charge in [-0.05, 0) is 32.1 Å². The molecule has 0 saturated heterocycles. The number of carbonyl (C=O) groups is 1. The van der Waals surface area contributed by atoms with Gasteiger partial charge in [-0.1, -0.05) is 38.5 Å². The van der Waals surface area contributed by atoms with Crippen LogP contribution in [0.15, 0.2) is 5.16 Å². The summed E-state index contributed by atoms with van der Waals surface area (Å²) >= 11 is 1.26. The average Bonchev–Trinajstić information content (AvgIpc) is 2.79. The largest absolute Gasteiger partial charge is 0.481 e. The molecule has 5 nitrogen and oxygen atoms in total. The van der Waals surface area contributed by atoms with Gasteiger partial charge in [0.15, 0.2) is 5.16 Å². The predicted molar refractivity (Wildman–Crippen MR) is 83.8 cm³/mol. The van der Waals surface area contributed by atoms with Crippen LogP contribution in [0, 0.1) is 5.41 Å². The van der Waals surface area contributed by atoms with Crippen LogP contribution < -0.4 is 0 Å². The number of nitrogens with zero attached hydrogens (tertiary/aromatic N) is 3. The highest BCUT2D eigenvalue weighted by Crippen LogP contribution is 2.47. The van der Waals surface area contributed by atoms with Crippen LogP contribution in [0.25, 0.3) is 0 Å². The maximum Gasteiger partial charge on any atom is 0.313 e. The van der Waals surface area contributed by atoms with Gasteiger partial charge in [0, 0.05) is 12.0 Å². The maximum absolute atomic E-state index is 10.8. The van der Waals surface area contributed by atoms with Gasteiger partial charge in [0.1, 0.15) is 5.82 Å². The summed E-state index contributed by atoms with van der Waals surface area (Å²) in [5.41, 5.74) is 0.229. The summed E-state index contributed by atoms with van der Waals surface area (Å²) in [7, 11) is 0. The molecule has 0 aromatic carbocycles. The first-order chi connectivity index (χ1) is 9.83. The van der Waals surface area contributed by atoms with Gasteiger partial charge in [-0.25, -0.2) is 0 Å². The van der Waals surface area contributed by atoms with Gasteiger partial charge in [-0.2, -0.15) is 0 Å². The first-order valence-electron chi connectivity index (χ1n) is 7.62. The van der Waals surface area contributed by atoms with E-state index in [0.717, 1.165) is 17.4 Å². The molecule has 1 atom stereocenters. The molecule has 0 aliphatic heterocycles. The van der Waals surface area contributed by atoms with Gasteiger partial charge in [-0.3, -0.25) is 4.79 Å². The van der Waals surface area contributed by atoms with E-state index in [9.17, 15) is 4.79 Å². The lowest BCUT2D eigenvalue weighted by Crippen LogP contribution is -2.29.